The zero-order valence-electron chi connectivity index (χ0n) is 12.1. The zero-order valence-corrected chi connectivity index (χ0v) is 12.8. The van der Waals surface area contributed by atoms with Gasteiger partial charge in [0.1, 0.15) is 0 Å². The van der Waals surface area contributed by atoms with E-state index in [1.807, 2.05) is 66.7 Å². The molecule has 0 heterocycles. The van der Waals surface area contributed by atoms with Gasteiger partial charge < -0.3 is 5.32 Å². The fourth-order valence-electron chi connectivity index (χ4n) is 2.49. The first-order valence-electron chi connectivity index (χ1n) is 7.24. The molecule has 3 aromatic rings. The minimum Gasteiger partial charge on any atom is -0.352 e. The third-order valence-electron chi connectivity index (χ3n) is 3.65. The van der Waals surface area contributed by atoms with Gasteiger partial charge in [-0.3, -0.25) is 4.79 Å². The molecule has 0 saturated carbocycles. The summed E-state index contributed by atoms with van der Waals surface area (Å²) in [5.74, 6) is -0.0363. The molecular formula is C19H16ClNO. The molecule has 3 heteroatoms. The lowest BCUT2D eigenvalue weighted by Gasteiger charge is -2.08. The van der Waals surface area contributed by atoms with E-state index in [1.165, 1.54) is 0 Å². The summed E-state index contributed by atoms with van der Waals surface area (Å²) < 4.78 is 0. The zero-order chi connectivity index (χ0) is 15.4. The summed E-state index contributed by atoms with van der Waals surface area (Å²) in [7, 11) is 0. The third-order valence-corrected chi connectivity index (χ3v) is 3.90. The van der Waals surface area contributed by atoms with Gasteiger partial charge in [0, 0.05) is 17.1 Å². The highest BCUT2D eigenvalue weighted by Crippen LogP contribution is 2.18. The Labute approximate surface area is 134 Å². The van der Waals surface area contributed by atoms with Crippen LogP contribution < -0.4 is 5.32 Å². The Balaban J connectivity index is 1.67. The maximum Gasteiger partial charge on any atom is 0.251 e. The minimum absolute atomic E-state index is 0.0363. The van der Waals surface area contributed by atoms with Crippen molar-refractivity contribution in [1.82, 2.24) is 5.32 Å². The lowest BCUT2D eigenvalue weighted by Crippen LogP contribution is -2.25. The highest BCUT2D eigenvalue weighted by molar-refractivity contribution is 6.30. The van der Waals surface area contributed by atoms with Crippen molar-refractivity contribution < 1.29 is 4.79 Å². The first-order chi connectivity index (χ1) is 10.7. The summed E-state index contributed by atoms with van der Waals surface area (Å²) in [5.41, 5.74) is 1.87. The van der Waals surface area contributed by atoms with Crippen molar-refractivity contribution in [2.24, 2.45) is 0 Å². The molecule has 0 radical (unpaired) electrons. The van der Waals surface area contributed by atoms with Crippen molar-refractivity contribution in [3.63, 3.8) is 0 Å². The van der Waals surface area contributed by atoms with E-state index < -0.39 is 0 Å². The molecule has 0 bridgehead atoms. The number of rotatable bonds is 4. The number of fused-ring (bicyclic) bond motifs is 1. The molecule has 0 atom stereocenters. The van der Waals surface area contributed by atoms with Crippen LogP contribution in [0.3, 0.4) is 0 Å². The molecule has 22 heavy (non-hydrogen) atoms. The second-order valence-corrected chi connectivity index (χ2v) is 5.60. The molecule has 0 aliphatic rings. The summed E-state index contributed by atoms with van der Waals surface area (Å²) >= 11 is 5.86. The van der Waals surface area contributed by atoms with Crippen LogP contribution in [0.15, 0.2) is 66.7 Å². The summed E-state index contributed by atoms with van der Waals surface area (Å²) in [5, 5.41) is 5.77. The quantitative estimate of drug-likeness (QED) is 0.757. The van der Waals surface area contributed by atoms with Gasteiger partial charge in [0.2, 0.25) is 0 Å². The largest absolute Gasteiger partial charge is 0.352 e. The van der Waals surface area contributed by atoms with Gasteiger partial charge in [-0.05, 0) is 41.0 Å². The Bertz CT molecular complexity index is 791. The Morgan fingerprint density at radius 3 is 2.45 bits per heavy atom. The van der Waals surface area contributed by atoms with Gasteiger partial charge in [-0.25, -0.2) is 0 Å². The molecule has 110 valence electrons. The topological polar surface area (TPSA) is 29.1 Å². The number of hydrogen-bond acceptors (Lipinski definition) is 1. The number of hydrogen-bond donors (Lipinski definition) is 1. The SMILES string of the molecule is O=C(NCCc1ccc(Cl)cc1)c1cccc2ccccc12. The summed E-state index contributed by atoms with van der Waals surface area (Å²) in [6.45, 7) is 0.601. The Hall–Kier alpha value is -2.32. The third kappa shape index (κ3) is 3.29. The normalized spacial score (nSPS) is 10.6. The second kappa shape index (κ2) is 6.63. The maximum absolute atomic E-state index is 12.4. The number of amides is 1. The molecular weight excluding hydrogens is 294 g/mol. The first-order valence-corrected chi connectivity index (χ1v) is 7.62. The van der Waals surface area contributed by atoms with Crippen molar-refractivity contribution in [3.8, 4) is 0 Å². The molecule has 3 rings (SSSR count). The van der Waals surface area contributed by atoms with E-state index in [0.717, 1.165) is 27.8 Å². The summed E-state index contributed by atoms with van der Waals surface area (Å²) in [6, 6.07) is 21.4. The summed E-state index contributed by atoms with van der Waals surface area (Å²) in [4.78, 5) is 12.4. The van der Waals surface area contributed by atoms with Crippen molar-refractivity contribution in [2.75, 3.05) is 6.54 Å². The van der Waals surface area contributed by atoms with Crippen molar-refractivity contribution >= 4 is 28.3 Å². The van der Waals surface area contributed by atoms with E-state index in [-0.39, 0.29) is 5.91 Å². The van der Waals surface area contributed by atoms with E-state index in [4.69, 9.17) is 11.6 Å². The van der Waals surface area contributed by atoms with Crippen LogP contribution in [0.5, 0.6) is 0 Å². The van der Waals surface area contributed by atoms with Crippen LogP contribution >= 0.6 is 11.6 Å². The van der Waals surface area contributed by atoms with Gasteiger partial charge in [-0.2, -0.15) is 0 Å². The molecule has 1 N–H and O–H groups in total. The van der Waals surface area contributed by atoms with Crippen molar-refractivity contribution in [3.05, 3.63) is 82.9 Å². The molecule has 0 fully saturated rings. The van der Waals surface area contributed by atoms with E-state index in [1.54, 1.807) is 0 Å². The fraction of sp³-hybridized carbons (Fsp3) is 0.105. The van der Waals surface area contributed by atoms with Gasteiger partial charge in [0.15, 0.2) is 0 Å². The minimum atomic E-state index is -0.0363. The number of carbonyl (C=O) groups is 1. The van der Waals surface area contributed by atoms with Crippen LogP contribution in [-0.2, 0) is 6.42 Å². The van der Waals surface area contributed by atoms with Crippen molar-refractivity contribution in [2.45, 2.75) is 6.42 Å². The lowest BCUT2D eigenvalue weighted by atomic mass is 10.0. The van der Waals surface area contributed by atoms with E-state index in [9.17, 15) is 4.79 Å². The van der Waals surface area contributed by atoms with Crippen LogP contribution in [-0.4, -0.2) is 12.5 Å². The smallest absolute Gasteiger partial charge is 0.251 e. The van der Waals surface area contributed by atoms with Gasteiger partial charge >= 0.3 is 0 Å². The summed E-state index contributed by atoms with van der Waals surface area (Å²) in [6.07, 6.45) is 0.785. The Morgan fingerprint density at radius 1 is 0.909 bits per heavy atom. The number of benzene rings is 3. The molecule has 0 saturated heterocycles. The predicted molar refractivity (Wildman–Crippen MR) is 91.4 cm³/mol. The highest BCUT2D eigenvalue weighted by atomic mass is 35.5. The molecule has 0 aliphatic carbocycles. The van der Waals surface area contributed by atoms with Crippen LogP contribution in [0, 0.1) is 0 Å². The lowest BCUT2D eigenvalue weighted by molar-refractivity contribution is 0.0956. The first kappa shape index (κ1) is 14.6. The Morgan fingerprint density at radius 2 is 1.64 bits per heavy atom. The standard InChI is InChI=1S/C19H16ClNO/c20-16-10-8-14(9-11-16)12-13-21-19(22)18-7-3-5-15-4-1-2-6-17(15)18/h1-11H,12-13H2,(H,21,22). The second-order valence-electron chi connectivity index (χ2n) is 5.16. The maximum atomic E-state index is 12.4. The van der Waals surface area contributed by atoms with Gasteiger partial charge in [-0.1, -0.05) is 60.1 Å². The predicted octanol–water partition coefficient (Wildman–Crippen LogP) is 4.47. The monoisotopic (exact) mass is 309 g/mol. The average molecular weight is 310 g/mol. The van der Waals surface area contributed by atoms with Crippen LogP contribution in [0.2, 0.25) is 5.02 Å². The molecule has 0 aliphatic heterocycles. The Kier molecular flexibility index (Phi) is 4.40. The molecule has 1 amide bonds. The van der Waals surface area contributed by atoms with Gasteiger partial charge in [0.05, 0.1) is 0 Å². The van der Waals surface area contributed by atoms with Crippen LogP contribution in [0.25, 0.3) is 10.8 Å². The number of nitrogens with one attached hydrogen (secondary N) is 1. The molecule has 0 spiro atoms. The fourth-order valence-corrected chi connectivity index (χ4v) is 2.62. The van der Waals surface area contributed by atoms with Gasteiger partial charge in [-0.15, -0.1) is 0 Å². The molecule has 2 nitrogen and oxygen atoms in total. The number of carbonyl (C=O) groups excluding carboxylic acids is 1. The molecule has 0 unspecified atom stereocenters. The van der Waals surface area contributed by atoms with E-state index >= 15 is 0 Å². The average Bonchev–Trinajstić information content (AvgIpc) is 2.56. The van der Waals surface area contributed by atoms with Gasteiger partial charge in [0.25, 0.3) is 5.91 Å². The van der Waals surface area contributed by atoms with Crippen LogP contribution in [0.1, 0.15) is 15.9 Å². The van der Waals surface area contributed by atoms with Crippen molar-refractivity contribution in [1.29, 1.82) is 0 Å². The highest BCUT2D eigenvalue weighted by Gasteiger charge is 2.08. The van der Waals surface area contributed by atoms with Crippen LogP contribution in [0.4, 0.5) is 0 Å². The molecule has 0 aromatic heterocycles. The molecule has 3 aromatic carbocycles. The van der Waals surface area contributed by atoms with E-state index in [0.29, 0.717) is 12.1 Å². The van der Waals surface area contributed by atoms with E-state index in [2.05, 4.69) is 5.32 Å². The number of halogens is 1.